The number of piperazine rings is 2. The van der Waals surface area contributed by atoms with Crippen LogP contribution in [0.15, 0.2) is 78.9 Å². The van der Waals surface area contributed by atoms with Crippen molar-refractivity contribution in [2.75, 3.05) is 62.3 Å². The molecule has 1 aliphatic carbocycles. The Hall–Kier alpha value is -3.14. The van der Waals surface area contributed by atoms with Crippen LogP contribution < -0.4 is 14.5 Å². The number of rotatable bonds is 13. The molecule has 5 fully saturated rings. The highest BCUT2D eigenvalue weighted by molar-refractivity contribution is 5.73. The molecule has 0 aromatic heterocycles. The number of aliphatic hydroxyl groups excluding tert-OH is 2. The molecule has 8 heteroatoms. The smallest absolute Gasteiger partial charge is 0.119 e. The van der Waals surface area contributed by atoms with Gasteiger partial charge in [0.2, 0.25) is 0 Å². The summed E-state index contributed by atoms with van der Waals surface area (Å²) >= 11 is 0. The zero-order chi connectivity index (χ0) is 33.9. The van der Waals surface area contributed by atoms with E-state index in [4.69, 9.17) is 9.47 Å². The second kappa shape index (κ2) is 15.6. The topological polar surface area (TPSA) is 71.9 Å². The maximum absolute atomic E-state index is 10.8. The average Bonchev–Trinajstić information content (AvgIpc) is 3.58. The molecular weight excluding hydrogens is 624 g/mol. The van der Waals surface area contributed by atoms with E-state index in [1.807, 2.05) is 30.3 Å². The van der Waals surface area contributed by atoms with Crippen LogP contribution in [0.25, 0.3) is 11.1 Å². The minimum Gasteiger partial charge on any atom is -0.491 e. The minimum atomic E-state index is -0.507. The minimum absolute atomic E-state index is 0.316. The number of hydrogen-bond acceptors (Lipinski definition) is 8. The van der Waals surface area contributed by atoms with Gasteiger partial charge in [-0.15, -0.1) is 0 Å². The zero-order valence-electron chi connectivity index (χ0n) is 29.6. The number of anilines is 2. The van der Waals surface area contributed by atoms with E-state index in [9.17, 15) is 10.2 Å². The third-order valence-electron chi connectivity index (χ3n) is 11.9. The van der Waals surface area contributed by atoms with E-state index in [-0.39, 0.29) is 0 Å². The van der Waals surface area contributed by atoms with Crippen molar-refractivity contribution in [1.29, 1.82) is 0 Å². The Morgan fingerprint density at radius 3 is 1.58 bits per heavy atom. The van der Waals surface area contributed by atoms with Crippen LogP contribution in [-0.4, -0.2) is 115 Å². The van der Waals surface area contributed by atoms with E-state index in [2.05, 4.69) is 68.1 Å². The van der Waals surface area contributed by atoms with Gasteiger partial charge in [0.15, 0.2) is 0 Å². The molecule has 3 aromatic rings. The molecule has 8 nitrogen and oxygen atoms in total. The Labute approximate surface area is 298 Å². The van der Waals surface area contributed by atoms with Gasteiger partial charge >= 0.3 is 0 Å². The molecule has 4 saturated heterocycles. The summed E-state index contributed by atoms with van der Waals surface area (Å²) in [6.07, 6.45) is 10.4. The molecule has 0 amide bonds. The van der Waals surface area contributed by atoms with E-state index in [1.165, 1.54) is 67.4 Å². The van der Waals surface area contributed by atoms with Crippen LogP contribution in [0, 0.1) is 0 Å². The lowest BCUT2D eigenvalue weighted by Gasteiger charge is -2.43. The number of benzene rings is 3. The highest BCUT2D eigenvalue weighted by Gasteiger charge is 2.42. The van der Waals surface area contributed by atoms with Gasteiger partial charge in [-0.3, -0.25) is 9.80 Å². The number of fused-ring (bicyclic) bond motifs is 4. The molecule has 0 spiro atoms. The van der Waals surface area contributed by atoms with Gasteiger partial charge in [-0.1, -0.05) is 61.7 Å². The zero-order valence-corrected chi connectivity index (χ0v) is 29.6. The Morgan fingerprint density at radius 1 is 0.560 bits per heavy atom. The first-order valence-electron chi connectivity index (χ1n) is 19.4. The van der Waals surface area contributed by atoms with Crippen molar-refractivity contribution in [1.82, 2.24) is 9.80 Å². The van der Waals surface area contributed by atoms with Crippen LogP contribution in [0.2, 0.25) is 0 Å². The van der Waals surface area contributed by atoms with Gasteiger partial charge in [0.1, 0.15) is 18.5 Å². The molecule has 268 valence electrons. The first-order chi connectivity index (χ1) is 24.6. The number of aliphatic hydroxyl groups is 2. The van der Waals surface area contributed by atoms with Crippen LogP contribution >= 0.6 is 0 Å². The maximum Gasteiger partial charge on any atom is 0.119 e. The van der Waals surface area contributed by atoms with Crippen LogP contribution in [0.5, 0.6) is 5.75 Å². The first kappa shape index (κ1) is 34.0. The van der Waals surface area contributed by atoms with Crippen LogP contribution in [0.3, 0.4) is 0 Å². The lowest BCUT2D eigenvalue weighted by molar-refractivity contribution is -0.0348. The van der Waals surface area contributed by atoms with E-state index in [0.29, 0.717) is 56.6 Å². The van der Waals surface area contributed by atoms with Gasteiger partial charge in [0.05, 0.1) is 18.8 Å². The number of β-amino-alcohol motifs (C(OH)–C–C–N with tert-alkyl or cyclic N) is 2. The number of nitrogens with zero attached hydrogens (tertiary/aromatic N) is 4. The largest absolute Gasteiger partial charge is 0.491 e. The number of ether oxygens (including phenoxy) is 2. The third-order valence-corrected chi connectivity index (χ3v) is 11.9. The van der Waals surface area contributed by atoms with Crippen LogP contribution in [0.4, 0.5) is 11.4 Å². The van der Waals surface area contributed by atoms with Gasteiger partial charge in [-0.2, -0.15) is 0 Å². The summed E-state index contributed by atoms with van der Waals surface area (Å²) in [7, 11) is 0. The Kier molecular flexibility index (Phi) is 10.6. The molecular formula is C42H56N4O4. The molecule has 8 rings (SSSR count). The van der Waals surface area contributed by atoms with E-state index in [0.717, 1.165) is 44.8 Å². The molecule has 3 aromatic carbocycles. The van der Waals surface area contributed by atoms with Crippen molar-refractivity contribution >= 4 is 11.4 Å². The van der Waals surface area contributed by atoms with Crippen molar-refractivity contribution in [2.45, 2.75) is 100 Å². The average molecular weight is 681 g/mol. The summed E-state index contributed by atoms with van der Waals surface area (Å²) in [5.41, 5.74) is 5.18. The van der Waals surface area contributed by atoms with Crippen molar-refractivity contribution in [3.05, 3.63) is 78.9 Å². The Morgan fingerprint density at radius 2 is 1.06 bits per heavy atom. The Balaban J connectivity index is 0.871. The molecule has 4 heterocycles. The third kappa shape index (κ3) is 7.85. The number of para-hydroxylation sites is 1. The van der Waals surface area contributed by atoms with Crippen LogP contribution in [-0.2, 0) is 4.74 Å². The van der Waals surface area contributed by atoms with E-state index in [1.54, 1.807) is 0 Å². The molecule has 0 radical (unpaired) electrons. The van der Waals surface area contributed by atoms with Crippen molar-refractivity contribution in [2.24, 2.45) is 0 Å². The van der Waals surface area contributed by atoms with Gasteiger partial charge < -0.3 is 29.5 Å². The lowest BCUT2D eigenvalue weighted by Crippen LogP contribution is -2.55. The van der Waals surface area contributed by atoms with Gasteiger partial charge in [0, 0.05) is 74.8 Å². The lowest BCUT2D eigenvalue weighted by atomic mass is 9.98. The SMILES string of the molecule is OC(COc1ccccc1)CN1CC2CCC(C1)N2c1cccc(-c2cccc(N3C4CCC3CN(C[C@@H](O)COC3CCCCC3)C4)c2)c1. The fourth-order valence-corrected chi connectivity index (χ4v) is 9.70. The number of likely N-dealkylation sites (tertiary alicyclic amines) is 2. The number of hydrogen-bond donors (Lipinski definition) is 2. The quantitative estimate of drug-likeness (QED) is 0.235. The van der Waals surface area contributed by atoms with Crippen molar-refractivity contribution in [3.63, 3.8) is 0 Å². The summed E-state index contributed by atoms with van der Waals surface area (Å²) < 4.78 is 11.9. The van der Waals surface area contributed by atoms with E-state index < -0.39 is 12.2 Å². The molecule has 4 aliphatic heterocycles. The predicted molar refractivity (Wildman–Crippen MR) is 200 cm³/mol. The standard InChI is InChI=1S/C42H56N4O4/c47-39(29-49-41-13-3-1-4-14-41)27-43-23-35-17-18-36(24-43)45(35)33-11-7-9-31(21-33)32-10-8-12-34(22-32)46-37-19-20-38(46)26-44(25-37)28-40(48)30-50-42-15-5-2-6-16-42/h1,3-4,7-14,21-22,35-40,42,47-48H,2,5-6,15-20,23-30H2/t35?,36?,37?,38?,39?,40-/m1/s1. The summed E-state index contributed by atoms with van der Waals surface area (Å²) in [4.78, 5) is 10.2. The molecule has 5 unspecified atom stereocenters. The van der Waals surface area contributed by atoms with Gasteiger partial charge in [0.25, 0.3) is 0 Å². The molecule has 5 aliphatic rings. The normalized spacial score (nSPS) is 27.1. The van der Waals surface area contributed by atoms with Crippen molar-refractivity contribution in [3.8, 4) is 16.9 Å². The van der Waals surface area contributed by atoms with E-state index >= 15 is 0 Å². The molecule has 6 atom stereocenters. The summed E-state index contributed by atoms with van der Waals surface area (Å²) in [5, 5.41) is 21.6. The highest BCUT2D eigenvalue weighted by atomic mass is 16.5. The van der Waals surface area contributed by atoms with Gasteiger partial charge in [-0.25, -0.2) is 0 Å². The molecule has 1 saturated carbocycles. The monoisotopic (exact) mass is 680 g/mol. The first-order valence-corrected chi connectivity index (χ1v) is 19.4. The van der Waals surface area contributed by atoms with Crippen molar-refractivity contribution < 1.29 is 19.7 Å². The fourth-order valence-electron chi connectivity index (χ4n) is 9.70. The van der Waals surface area contributed by atoms with Crippen LogP contribution in [0.1, 0.15) is 57.8 Å². The second-order valence-corrected chi connectivity index (χ2v) is 15.6. The molecule has 2 N–H and O–H groups in total. The molecule has 50 heavy (non-hydrogen) atoms. The summed E-state index contributed by atoms with van der Waals surface area (Å²) in [6, 6.07) is 30.0. The van der Waals surface area contributed by atoms with Gasteiger partial charge in [-0.05, 0) is 86.1 Å². The summed E-state index contributed by atoms with van der Waals surface area (Å²) in [6.45, 7) is 6.08. The second-order valence-electron chi connectivity index (χ2n) is 15.6. The maximum atomic E-state index is 10.8. The Bertz CT molecular complexity index is 1510. The summed E-state index contributed by atoms with van der Waals surface area (Å²) in [5.74, 6) is 0.804. The predicted octanol–water partition coefficient (Wildman–Crippen LogP) is 5.81. The highest BCUT2D eigenvalue weighted by Crippen LogP contribution is 2.39. The molecule has 4 bridgehead atoms. The fraction of sp³-hybridized carbons (Fsp3) is 0.571.